The van der Waals surface area contributed by atoms with Crippen LogP contribution in [-0.2, 0) is 12.8 Å². The van der Waals surface area contributed by atoms with Gasteiger partial charge in [0.15, 0.2) is 0 Å². The van der Waals surface area contributed by atoms with Crippen LogP contribution in [0.25, 0.3) is 0 Å². The molecule has 19 heavy (non-hydrogen) atoms. The smallest absolute Gasteiger partial charge is 0.0621 e. The molecule has 0 radical (unpaired) electrons. The topological polar surface area (TPSA) is 20.2 Å². The molecule has 2 rings (SSSR count). The summed E-state index contributed by atoms with van der Waals surface area (Å²) in [6.45, 7) is 0. The Kier molecular flexibility index (Phi) is 5.12. The lowest BCUT2D eigenvalue weighted by molar-refractivity contribution is 0.175. The third-order valence-corrected chi connectivity index (χ3v) is 3.98. The van der Waals surface area contributed by atoms with Crippen molar-refractivity contribution in [1.82, 2.24) is 0 Å². The van der Waals surface area contributed by atoms with Crippen molar-refractivity contribution in [2.24, 2.45) is 0 Å². The number of halogens is 3. The summed E-state index contributed by atoms with van der Waals surface area (Å²) in [5, 5.41) is 11.8. The molecule has 0 aliphatic rings. The van der Waals surface area contributed by atoms with E-state index in [-0.39, 0.29) is 0 Å². The predicted octanol–water partition coefficient (Wildman–Crippen LogP) is 4.79. The number of aliphatic hydroxyl groups is 1. The van der Waals surface area contributed by atoms with E-state index in [0.717, 1.165) is 11.1 Å². The lowest BCUT2D eigenvalue weighted by Gasteiger charge is -2.12. The fraction of sp³-hybridized carbons (Fsp3) is 0.200. The zero-order chi connectivity index (χ0) is 13.8. The molecule has 0 amide bonds. The third kappa shape index (κ3) is 4.12. The minimum atomic E-state index is -0.503. The standard InChI is InChI=1S/C15H13Cl3O/c16-13-4-2-1-3-11(13)9-12(19)7-10-5-6-14(17)15(18)8-10/h1-6,8,12,19H,7,9H2. The molecular weight excluding hydrogens is 303 g/mol. The van der Waals surface area contributed by atoms with Gasteiger partial charge in [-0.3, -0.25) is 0 Å². The van der Waals surface area contributed by atoms with Gasteiger partial charge in [0, 0.05) is 11.4 Å². The summed E-state index contributed by atoms with van der Waals surface area (Å²) in [6, 6.07) is 12.9. The second-order valence-electron chi connectivity index (χ2n) is 4.40. The van der Waals surface area contributed by atoms with E-state index in [4.69, 9.17) is 34.8 Å². The molecule has 2 aromatic carbocycles. The van der Waals surface area contributed by atoms with Gasteiger partial charge in [-0.25, -0.2) is 0 Å². The highest BCUT2D eigenvalue weighted by molar-refractivity contribution is 6.42. The van der Waals surface area contributed by atoms with E-state index in [1.54, 1.807) is 12.1 Å². The molecule has 0 aromatic heterocycles. The van der Waals surface area contributed by atoms with E-state index in [1.807, 2.05) is 30.3 Å². The predicted molar refractivity (Wildman–Crippen MR) is 81.3 cm³/mol. The largest absolute Gasteiger partial charge is 0.392 e. The van der Waals surface area contributed by atoms with Crippen LogP contribution in [0.2, 0.25) is 15.1 Å². The first-order valence-electron chi connectivity index (χ1n) is 5.91. The molecular formula is C15H13Cl3O. The van der Waals surface area contributed by atoms with E-state index in [9.17, 15) is 5.11 Å². The number of rotatable bonds is 4. The summed E-state index contributed by atoms with van der Waals surface area (Å²) >= 11 is 17.9. The van der Waals surface area contributed by atoms with Crippen LogP contribution in [0.4, 0.5) is 0 Å². The van der Waals surface area contributed by atoms with Crippen molar-refractivity contribution in [2.45, 2.75) is 18.9 Å². The highest BCUT2D eigenvalue weighted by atomic mass is 35.5. The number of aliphatic hydroxyl groups excluding tert-OH is 1. The summed E-state index contributed by atoms with van der Waals surface area (Å²) in [4.78, 5) is 0. The van der Waals surface area contributed by atoms with Gasteiger partial charge in [-0.1, -0.05) is 59.1 Å². The average Bonchev–Trinajstić information content (AvgIpc) is 2.37. The zero-order valence-corrected chi connectivity index (χ0v) is 12.4. The Morgan fingerprint density at radius 1 is 0.842 bits per heavy atom. The van der Waals surface area contributed by atoms with Gasteiger partial charge in [0.2, 0.25) is 0 Å². The molecule has 1 atom stereocenters. The van der Waals surface area contributed by atoms with Crippen molar-refractivity contribution < 1.29 is 5.11 Å². The lowest BCUT2D eigenvalue weighted by atomic mass is 10.0. The molecule has 2 aromatic rings. The maximum absolute atomic E-state index is 10.1. The summed E-state index contributed by atoms with van der Waals surface area (Å²) < 4.78 is 0. The van der Waals surface area contributed by atoms with Gasteiger partial charge in [-0.05, 0) is 35.7 Å². The molecule has 100 valence electrons. The molecule has 1 nitrogen and oxygen atoms in total. The highest BCUT2D eigenvalue weighted by Crippen LogP contribution is 2.24. The van der Waals surface area contributed by atoms with Gasteiger partial charge in [-0.15, -0.1) is 0 Å². The van der Waals surface area contributed by atoms with Gasteiger partial charge in [0.05, 0.1) is 16.1 Å². The van der Waals surface area contributed by atoms with Gasteiger partial charge in [0.1, 0.15) is 0 Å². The Labute approximate surface area is 127 Å². The van der Waals surface area contributed by atoms with Crippen LogP contribution >= 0.6 is 34.8 Å². The van der Waals surface area contributed by atoms with Crippen LogP contribution in [0.15, 0.2) is 42.5 Å². The van der Waals surface area contributed by atoms with Crippen molar-refractivity contribution >= 4 is 34.8 Å². The summed E-state index contributed by atoms with van der Waals surface area (Å²) in [5.74, 6) is 0. The second-order valence-corrected chi connectivity index (χ2v) is 5.62. The van der Waals surface area contributed by atoms with Crippen LogP contribution < -0.4 is 0 Å². The zero-order valence-electron chi connectivity index (χ0n) is 10.1. The maximum atomic E-state index is 10.1. The molecule has 0 aliphatic carbocycles. The van der Waals surface area contributed by atoms with Gasteiger partial charge in [-0.2, -0.15) is 0 Å². The Balaban J connectivity index is 2.03. The lowest BCUT2D eigenvalue weighted by Crippen LogP contribution is -2.14. The fourth-order valence-corrected chi connectivity index (χ4v) is 2.46. The Morgan fingerprint density at radius 3 is 2.26 bits per heavy atom. The Bertz CT molecular complexity index is 569. The minimum Gasteiger partial charge on any atom is -0.392 e. The van der Waals surface area contributed by atoms with Crippen molar-refractivity contribution in [3.8, 4) is 0 Å². The van der Waals surface area contributed by atoms with Crippen LogP contribution in [0.5, 0.6) is 0 Å². The molecule has 0 saturated carbocycles. The molecule has 1 unspecified atom stereocenters. The molecule has 1 N–H and O–H groups in total. The Morgan fingerprint density at radius 2 is 1.58 bits per heavy atom. The average molecular weight is 316 g/mol. The molecule has 4 heteroatoms. The quantitative estimate of drug-likeness (QED) is 0.860. The SMILES string of the molecule is OC(Cc1ccc(Cl)c(Cl)c1)Cc1ccccc1Cl. The summed E-state index contributed by atoms with van der Waals surface area (Å²) in [5.41, 5.74) is 1.89. The number of hydrogen-bond donors (Lipinski definition) is 1. The molecule has 0 saturated heterocycles. The molecule has 0 heterocycles. The van der Waals surface area contributed by atoms with Crippen molar-refractivity contribution in [1.29, 1.82) is 0 Å². The first-order chi connectivity index (χ1) is 9.06. The Hall–Kier alpha value is -0.730. The van der Waals surface area contributed by atoms with E-state index in [1.165, 1.54) is 0 Å². The molecule has 0 aliphatic heterocycles. The molecule has 0 bridgehead atoms. The van der Waals surface area contributed by atoms with Crippen LogP contribution in [0.3, 0.4) is 0 Å². The monoisotopic (exact) mass is 314 g/mol. The maximum Gasteiger partial charge on any atom is 0.0621 e. The number of hydrogen-bond acceptors (Lipinski definition) is 1. The summed E-state index contributed by atoms with van der Waals surface area (Å²) in [6.07, 6.45) is 0.527. The fourth-order valence-electron chi connectivity index (χ4n) is 1.93. The van der Waals surface area contributed by atoms with E-state index in [0.29, 0.717) is 27.9 Å². The van der Waals surface area contributed by atoms with Crippen LogP contribution in [-0.4, -0.2) is 11.2 Å². The first-order valence-corrected chi connectivity index (χ1v) is 7.05. The summed E-state index contributed by atoms with van der Waals surface area (Å²) in [7, 11) is 0. The van der Waals surface area contributed by atoms with Crippen molar-refractivity contribution in [3.63, 3.8) is 0 Å². The van der Waals surface area contributed by atoms with E-state index in [2.05, 4.69) is 0 Å². The van der Waals surface area contributed by atoms with Crippen LogP contribution in [0.1, 0.15) is 11.1 Å². The third-order valence-electron chi connectivity index (χ3n) is 2.87. The van der Waals surface area contributed by atoms with Crippen molar-refractivity contribution in [2.75, 3.05) is 0 Å². The number of benzene rings is 2. The van der Waals surface area contributed by atoms with Crippen LogP contribution in [0, 0.1) is 0 Å². The van der Waals surface area contributed by atoms with E-state index >= 15 is 0 Å². The van der Waals surface area contributed by atoms with E-state index < -0.39 is 6.10 Å². The second kappa shape index (κ2) is 6.62. The minimum absolute atomic E-state index is 0.503. The van der Waals surface area contributed by atoms with Gasteiger partial charge >= 0.3 is 0 Å². The normalized spacial score (nSPS) is 12.4. The molecule has 0 spiro atoms. The highest BCUT2D eigenvalue weighted by Gasteiger charge is 2.10. The first kappa shape index (κ1) is 14.7. The molecule has 0 fully saturated rings. The van der Waals surface area contributed by atoms with Gasteiger partial charge < -0.3 is 5.11 Å². The van der Waals surface area contributed by atoms with Gasteiger partial charge in [0.25, 0.3) is 0 Å². The van der Waals surface area contributed by atoms with Crippen molar-refractivity contribution in [3.05, 3.63) is 68.7 Å².